The SMILES string of the molecule is CCN(C[C@@H]1CCCN(CCc2cccc(OC)c2)C1)C(=O)C1CCCC1. The number of nitrogens with zero attached hydrogens (tertiary/aromatic N) is 2. The van der Waals surface area contributed by atoms with Gasteiger partial charge in [0, 0.05) is 32.1 Å². The number of benzene rings is 1. The largest absolute Gasteiger partial charge is 0.497 e. The Balaban J connectivity index is 1.48. The zero-order valence-corrected chi connectivity index (χ0v) is 17.2. The highest BCUT2D eigenvalue weighted by molar-refractivity contribution is 5.79. The Morgan fingerprint density at radius 1 is 1.22 bits per heavy atom. The molecule has 150 valence electrons. The minimum Gasteiger partial charge on any atom is -0.497 e. The quantitative estimate of drug-likeness (QED) is 0.692. The topological polar surface area (TPSA) is 32.8 Å². The number of amides is 1. The van der Waals surface area contributed by atoms with Crippen molar-refractivity contribution >= 4 is 5.91 Å². The van der Waals surface area contributed by atoms with E-state index in [0.29, 0.717) is 17.7 Å². The van der Waals surface area contributed by atoms with Gasteiger partial charge in [0.1, 0.15) is 5.75 Å². The van der Waals surface area contributed by atoms with Crippen LogP contribution in [0.4, 0.5) is 0 Å². The number of piperidine rings is 1. The number of ether oxygens (including phenoxy) is 1. The van der Waals surface area contributed by atoms with Crippen LogP contribution < -0.4 is 4.74 Å². The summed E-state index contributed by atoms with van der Waals surface area (Å²) in [5.41, 5.74) is 1.34. The highest BCUT2D eigenvalue weighted by Crippen LogP contribution is 2.27. The van der Waals surface area contributed by atoms with Crippen molar-refractivity contribution in [1.82, 2.24) is 9.80 Å². The third kappa shape index (κ3) is 5.71. The number of likely N-dealkylation sites (tertiary alicyclic amines) is 1. The first-order valence-electron chi connectivity index (χ1n) is 10.8. The first-order valence-corrected chi connectivity index (χ1v) is 10.8. The summed E-state index contributed by atoms with van der Waals surface area (Å²) in [4.78, 5) is 17.5. The second-order valence-electron chi connectivity index (χ2n) is 8.27. The van der Waals surface area contributed by atoms with Gasteiger partial charge >= 0.3 is 0 Å². The Hall–Kier alpha value is -1.55. The molecule has 1 aliphatic carbocycles. The summed E-state index contributed by atoms with van der Waals surface area (Å²) >= 11 is 0. The number of hydrogen-bond donors (Lipinski definition) is 0. The summed E-state index contributed by atoms with van der Waals surface area (Å²) in [6, 6.07) is 8.39. The number of hydrogen-bond acceptors (Lipinski definition) is 3. The predicted molar refractivity (Wildman–Crippen MR) is 110 cm³/mol. The van der Waals surface area contributed by atoms with Crippen molar-refractivity contribution in [3.8, 4) is 5.75 Å². The van der Waals surface area contributed by atoms with E-state index in [1.807, 2.05) is 6.07 Å². The molecule has 2 aliphatic rings. The van der Waals surface area contributed by atoms with Crippen LogP contribution in [0.2, 0.25) is 0 Å². The van der Waals surface area contributed by atoms with Gasteiger partial charge in [-0.1, -0.05) is 25.0 Å². The maximum Gasteiger partial charge on any atom is 0.225 e. The molecule has 1 amide bonds. The van der Waals surface area contributed by atoms with E-state index in [4.69, 9.17) is 4.74 Å². The first-order chi connectivity index (χ1) is 13.2. The average Bonchev–Trinajstić information content (AvgIpc) is 3.25. The molecular formula is C23H36N2O2. The summed E-state index contributed by atoms with van der Waals surface area (Å²) in [6.45, 7) is 7.33. The summed E-state index contributed by atoms with van der Waals surface area (Å²) in [5, 5.41) is 0. The molecule has 1 aliphatic heterocycles. The Bertz CT molecular complexity index is 598. The van der Waals surface area contributed by atoms with E-state index in [9.17, 15) is 4.79 Å². The summed E-state index contributed by atoms with van der Waals surface area (Å²) in [6.07, 6.45) is 8.23. The Morgan fingerprint density at radius 2 is 2.04 bits per heavy atom. The van der Waals surface area contributed by atoms with E-state index >= 15 is 0 Å². The monoisotopic (exact) mass is 372 g/mol. The van der Waals surface area contributed by atoms with Gasteiger partial charge in [-0.3, -0.25) is 4.79 Å². The van der Waals surface area contributed by atoms with Gasteiger partial charge in [-0.2, -0.15) is 0 Å². The standard InChI is InChI=1S/C23H36N2O2/c1-3-25(23(26)21-10-4-5-11-21)18-20-9-7-14-24(17-20)15-13-19-8-6-12-22(16-19)27-2/h6,8,12,16,20-21H,3-5,7,9-11,13-15,17-18H2,1-2H3/t20-/m1/s1. The van der Waals surface area contributed by atoms with Crippen LogP contribution in [0.5, 0.6) is 5.75 Å². The third-order valence-electron chi connectivity index (χ3n) is 6.33. The fraction of sp³-hybridized carbons (Fsp3) is 0.696. The molecule has 3 rings (SSSR count). The molecule has 4 heteroatoms. The molecule has 1 aromatic carbocycles. The summed E-state index contributed by atoms with van der Waals surface area (Å²) in [5.74, 6) is 2.28. The summed E-state index contributed by atoms with van der Waals surface area (Å²) < 4.78 is 5.33. The molecule has 0 N–H and O–H groups in total. The van der Waals surface area contributed by atoms with Crippen LogP contribution in [0, 0.1) is 11.8 Å². The van der Waals surface area contributed by atoms with Crippen molar-refractivity contribution in [2.24, 2.45) is 11.8 Å². The van der Waals surface area contributed by atoms with Gasteiger partial charge < -0.3 is 14.5 Å². The van der Waals surface area contributed by atoms with Crippen molar-refractivity contribution in [1.29, 1.82) is 0 Å². The highest BCUT2D eigenvalue weighted by atomic mass is 16.5. The Kier molecular flexibility index (Phi) is 7.57. The van der Waals surface area contributed by atoms with Crippen molar-refractivity contribution in [3.63, 3.8) is 0 Å². The molecule has 2 fully saturated rings. The fourth-order valence-corrected chi connectivity index (χ4v) is 4.74. The maximum atomic E-state index is 12.8. The number of carbonyl (C=O) groups excluding carboxylic acids is 1. The van der Waals surface area contributed by atoms with E-state index < -0.39 is 0 Å². The smallest absolute Gasteiger partial charge is 0.225 e. The molecule has 1 atom stereocenters. The fourth-order valence-electron chi connectivity index (χ4n) is 4.74. The number of methoxy groups -OCH3 is 1. The third-order valence-corrected chi connectivity index (χ3v) is 6.33. The number of carbonyl (C=O) groups is 1. The van der Waals surface area contributed by atoms with Crippen molar-refractivity contribution in [2.45, 2.75) is 51.9 Å². The average molecular weight is 373 g/mol. The van der Waals surface area contributed by atoms with E-state index in [1.54, 1.807) is 7.11 Å². The minimum atomic E-state index is 0.303. The summed E-state index contributed by atoms with van der Waals surface area (Å²) in [7, 11) is 1.72. The molecule has 27 heavy (non-hydrogen) atoms. The lowest BCUT2D eigenvalue weighted by Gasteiger charge is -2.36. The van der Waals surface area contributed by atoms with Crippen molar-refractivity contribution in [2.75, 3.05) is 39.8 Å². The van der Waals surface area contributed by atoms with E-state index in [0.717, 1.165) is 51.2 Å². The van der Waals surface area contributed by atoms with Crippen molar-refractivity contribution < 1.29 is 9.53 Å². The molecule has 0 bridgehead atoms. The molecule has 4 nitrogen and oxygen atoms in total. The van der Waals surface area contributed by atoms with E-state index in [-0.39, 0.29) is 0 Å². The molecule has 0 radical (unpaired) electrons. The number of rotatable bonds is 8. The van der Waals surface area contributed by atoms with Crippen molar-refractivity contribution in [3.05, 3.63) is 29.8 Å². The van der Waals surface area contributed by atoms with Gasteiger partial charge in [0.2, 0.25) is 5.91 Å². The van der Waals surface area contributed by atoms with Crippen LogP contribution in [-0.4, -0.2) is 55.5 Å². The molecule has 0 aromatic heterocycles. The highest BCUT2D eigenvalue weighted by Gasteiger charge is 2.29. The maximum absolute atomic E-state index is 12.8. The van der Waals surface area contributed by atoms with Gasteiger partial charge in [-0.15, -0.1) is 0 Å². The van der Waals surface area contributed by atoms with E-state index in [1.165, 1.54) is 37.8 Å². The normalized spacial score (nSPS) is 21.3. The molecule has 0 unspecified atom stereocenters. The zero-order chi connectivity index (χ0) is 19.1. The Morgan fingerprint density at radius 3 is 2.78 bits per heavy atom. The van der Waals surface area contributed by atoms with Gasteiger partial charge in [0.05, 0.1) is 7.11 Å². The zero-order valence-electron chi connectivity index (χ0n) is 17.2. The van der Waals surface area contributed by atoms with Crippen LogP contribution in [0.3, 0.4) is 0 Å². The van der Waals surface area contributed by atoms with E-state index in [2.05, 4.69) is 34.9 Å². The molecule has 1 aromatic rings. The molecular weight excluding hydrogens is 336 g/mol. The lowest BCUT2D eigenvalue weighted by Crippen LogP contribution is -2.44. The molecule has 1 saturated carbocycles. The van der Waals surface area contributed by atoms with Crippen LogP contribution in [-0.2, 0) is 11.2 Å². The van der Waals surface area contributed by atoms with Gasteiger partial charge in [0.15, 0.2) is 0 Å². The minimum absolute atomic E-state index is 0.303. The molecule has 1 heterocycles. The lowest BCUT2D eigenvalue weighted by atomic mass is 9.96. The molecule has 1 saturated heterocycles. The van der Waals surface area contributed by atoms with Gasteiger partial charge in [0.25, 0.3) is 0 Å². The lowest BCUT2D eigenvalue weighted by molar-refractivity contribution is -0.136. The van der Waals surface area contributed by atoms with Crippen LogP contribution in [0.25, 0.3) is 0 Å². The second-order valence-corrected chi connectivity index (χ2v) is 8.27. The van der Waals surface area contributed by atoms with Gasteiger partial charge in [-0.25, -0.2) is 0 Å². The van der Waals surface area contributed by atoms with Crippen LogP contribution in [0.15, 0.2) is 24.3 Å². The van der Waals surface area contributed by atoms with Gasteiger partial charge in [-0.05, 0) is 69.2 Å². The van der Waals surface area contributed by atoms with Crippen LogP contribution in [0.1, 0.15) is 51.0 Å². The van der Waals surface area contributed by atoms with Crippen LogP contribution >= 0.6 is 0 Å². The molecule has 0 spiro atoms. The first kappa shape index (κ1) is 20.2. The predicted octanol–water partition coefficient (Wildman–Crippen LogP) is 3.99. The Labute approximate surface area is 164 Å². The second kappa shape index (κ2) is 10.1.